The zero-order valence-electron chi connectivity index (χ0n) is 18.6. The third-order valence-corrected chi connectivity index (χ3v) is 5.54. The Bertz CT molecular complexity index is 980. The Hall–Kier alpha value is -2.92. The zero-order chi connectivity index (χ0) is 24.9. The fourth-order valence-corrected chi connectivity index (χ4v) is 3.81. The lowest BCUT2D eigenvalue weighted by Gasteiger charge is -2.16. The van der Waals surface area contributed by atoms with Gasteiger partial charge in [0.25, 0.3) is 5.92 Å². The van der Waals surface area contributed by atoms with E-state index in [9.17, 15) is 26.7 Å². The molecule has 0 spiro atoms. The molecule has 0 unspecified atom stereocenters. The molecule has 1 aromatic heterocycles. The summed E-state index contributed by atoms with van der Waals surface area (Å²) in [5.41, 5.74) is -1.09. The van der Waals surface area contributed by atoms with Crippen molar-refractivity contribution in [3.8, 4) is 17.1 Å². The van der Waals surface area contributed by atoms with E-state index in [4.69, 9.17) is 14.4 Å². The molecule has 2 heterocycles. The summed E-state index contributed by atoms with van der Waals surface area (Å²) in [5, 5.41) is 12.7. The summed E-state index contributed by atoms with van der Waals surface area (Å²) in [6.45, 7) is 1.20. The van der Waals surface area contributed by atoms with Gasteiger partial charge in [0.05, 0.1) is 18.7 Å². The lowest BCUT2D eigenvalue weighted by molar-refractivity contribution is -0.138. The Morgan fingerprint density at radius 2 is 1.94 bits per heavy atom. The first-order valence-corrected chi connectivity index (χ1v) is 11.1. The second kappa shape index (κ2) is 10.6. The quantitative estimate of drug-likeness (QED) is 0.299. The van der Waals surface area contributed by atoms with Crippen molar-refractivity contribution in [1.29, 1.82) is 0 Å². The molecule has 1 aliphatic heterocycles. The number of carbonyl (C=O) groups is 1. The van der Waals surface area contributed by atoms with E-state index in [1.807, 2.05) is 0 Å². The first kappa shape index (κ1) is 25.7. The van der Waals surface area contributed by atoms with Crippen LogP contribution >= 0.6 is 0 Å². The molecular formula is C22H26F5N3O4. The molecule has 0 bridgehead atoms. The summed E-state index contributed by atoms with van der Waals surface area (Å²) in [5.74, 6) is -4.30. The van der Waals surface area contributed by atoms with E-state index in [1.54, 1.807) is 0 Å². The van der Waals surface area contributed by atoms with E-state index < -0.39 is 48.7 Å². The van der Waals surface area contributed by atoms with Crippen molar-refractivity contribution >= 4 is 6.09 Å². The van der Waals surface area contributed by atoms with Crippen LogP contribution in [0.15, 0.2) is 22.7 Å². The SMILES string of the molecule is CCCCCCCCOc1ccc(-c2noc([C@@H]3CC(F)(F)CN3C(=O)O)n2)cc1C(F)(F)F. The number of likely N-dealkylation sites (tertiary alicyclic amines) is 1. The van der Waals surface area contributed by atoms with Crippen LogP contribution in [-0.2, 0) is 6.18 Å². The number of hydrogen-bond acceptors (Lipinski definition) is 5. The van der Waals surface area contributed by atoms with Crippen LogP contribution in [0.1, 0.15) is 69.4 Å². The molecule has 0 radical (unpaired) electrons. The first-order valence-electron chi connectivity index (χ1n) is 11.1. The van der Waals surface area contributed by atoms with Crippen molar-refractivity contribution in [3.05, 3.63) is 29.7 Å². The van der Waals surface area contributed by atoms with E-state index >= 15 is 0 Å². The highest BCUT2D eigenvalue weighted by Gasteiger charge is 2.50. The molecule has 2 aromatic rings. The monoisotopic (exact) mass is 491 g/mol. The average Bonchev–Trinajstić information content (AvgIpc) is 3.37. The van der Waals surface area contributed by atoms with Gasteiger partial charge < -0.3 is 14.4 Å². The molecule has 1 aromatic carbocycles. The molecule has 1 atom stereocenters. The number of aromatic nitrogens is 2. The Morgan fingerprint density at radius 3 is 2.62 bits per heavy atom. The predicted octanol–water partition coefficient (Wildman–Crippen LogP) is 6.55. The van der Waals surface area contributed by atoms with Crippen molar-refractivity contribution in [3.63, 3.8) is 0 Å². The predicted molar refractivity (Wildman–Crippen MR) is 111 cm³/mol. The highest BCUT2D eigenvalue weighted by atomic mass is 19.4. The maximum Gasteiger partial charge on any atom is 0.419 e. The van der Waals surface area contributed by atoms with Crippen molar-refractivity contribution in [2.24, 2.45) is 0 Å². The summed E-state index contributed by atoms with van der Waals surface area (Å²) >= 11 is 0. The first-order chi connectivity index (χ1) is 16.0. The third kappa shape index (κ3) is 6.35. The summed E-state index contributed by atoms with van der Waals surface area (Å²) in [6, 6.07) is 1.86. The van der Waals surface area contributed by atoms with Crippen LogP contribution in [0.5, 0.6) is 5.75 Å². The number of alkyl halides is 5. The summed E-state index contributed by atoms with van der Waals surface area (Å²) < 4.78 is 78.7. The summed E-state index contributed by atoms with van der Waals surface area (Å²) in [6.07, 6.45) is -1.38. The fraction of sp³-hybridized carbons (Fsp3) is 0.591. The number of amides is 1. The summed E-state index contributed by atoms with van der Waals surface area (Å²) in [7, 11) is 0. The van der Waals surface area contributed by atoms with Crippen LogP contribution in [0.3, 0.4) is 0 Å². The largest absolute Gasteiger partial charge is 0.493 e. The number of hydrogen-bond donors (Lipinski definition) is 1. The number of rotatable bonds is 10. The molecule has 0 aliphatic carbocycles. The minimum absolute atomic E-state index is 0.0686. The number of carboxylic acid groups (broad SMARTS) is 1. The topological polar surface area (TPSA) is 88.7 Å². The average molecular weight is 491 g/mol. The van der Waals surface area contributed by atoms with Crippen LogP contribution in [-0.4, -0.2) is 45.3 Å². The van der Waals surface area contributed by atoms with Crippen LogP contribution in [0.25, 0.3) is 11.4 Å². The smallest absolute Gasteiger partial charge is 0.419 e. The lowest BCUT2D eigenvalue weighted by Crippen LogP contribution is -2.31. The zero-order valence-corrected chi connectivity index (χ0v) is 18.6. The van der Waals surface area contributed by atoms with Gasteiger partial charge in [-0.2, -0.15) is 18.2 Å². The van der Waals surface area contributed by atoms with Gasteiger partial charge in [-0.05, 0) is 24.6 Å². The Morgan fingerprint density at radius 1 is 1.24 bits per heavy atom. The van der Waals surface area contributed by atoms with E-state index in [-0.39, 0.29) is 23.7 Å². The summed E-state index contributed by atoms with van der Waals surface area (Å²) in [4.78, 5) is 15.7. The second-order valence-electron chi connectivity index (χ2n) is 8.27. The highest BCUT2D eigenvalue weighted by Crippen LogP contribution is 2.42. The van der Waals surface area contributed by atoms with Gasteiger partial charge in [-0.1, -0.05) is 44.2 Å². The van der Waals surface area contributed by atoms with Crippen LogP contribution in [0.4, 0.5) is 26.7 Å². The molecule has 7 nitrogen and oxygen atoms in total. The van der Waals surface area contributed by atoms with E-state index in [2.05, 4.69) is 17.1 Å². The van der Waals surface area contributed by atoms with Crippen LogP contribution in [0.2, 0.25) is 0 Å². The van der Waals surface area contributed by atoms with Crippen molar-refractivity contribution in [1.82, 2.24) is 15.0 Å². The Balaban J connectivity index is 1.74. The molecule has 1 N–H and O–H groups in total. The molecule has 1 amide bonds. The molecule has 188 valence electrons. The molecule has 34 heavy (non-hydrogen) atoms. The molecular weight excluding hydrogens is 465 g/mol. The third-order valence-electron chi connectivity index (χ3n) is 5.54. The maximum absolute atomic E-state index is 13.7. The highest BCUT2D eigenvalue weighted by molar-refractivity contribution is 5.66. The molecule has 12 heteroatoms. The number of halogens is 5. The van der Waals surface area contributed by atoms with E-state index in [1.165, 1.54) is 6.07 Å². The molecule has 0 saturated carbocycles. The van der Waals surface area contributed by atoms with E-state index in [0.29, 0.717) is 11.3 Å². The van der Waals surface area contributed by atoms with Gasteiger partial charge in [0.15, 0.2) is 0 Å². The van der Waals surface area contributed by atoms with Crippen molar-refractivity contribution in [2.75, 3.05) is 13.2 Å². The number of unbranched alkanes of at least 4 members (excludes halogenated alkanes) is 5. The van der Waals surface area contributed by atoms with Gasteiger partial charge in [0.2, 0.25) is 11.7 Å². The Kier molecular flexibility index (Phi) is 7.98. The van der Waals surface area contributed by atoms with Gasteiger partial charge in [-0.15, -0.1) is 0 Å². The normalized spacial score (nSPS) is 17.8. The minimum Gasteiger partial charge on any atom is -0.493 e. The molecule has 1 aliphatic rings. The van der Waals surface area contributed by atoms with E-state index in [0.717, 1.165) is 44.2 Å². The standard InChI is InChI=1S/C22H26F5N3O4/c1-2-3-4-5-6-7-10-33-17-9-8-14(11-15(17)22(25,26)27)18-28-19(34-29-18)16-12-21(23,24)13-30(16)20(31)32/h8-9,11,16H,2-7,10,12-13H2,1H3,(H,31,32)/t16-/m0/s1. The minimum atomic E-state index is -4.72. The van der Waals surface area contributed by atoms with Gasteiger partial charge in [0, 0.05) is 12.0 Å². The molecule has 1 fully saturated rings. The number of ether oxygens (including phenoxy) is 1. The molecule has 1 saturated heterocycles. The van der Waals surface area contributed by atoms with Crippen LogP contribution < -0.4 is 4.74 Å². The fourth-order valence-electron chi connectivity index (χ4n) is 3.81. The Labute approximate surface area is 192 Å². The van der Waals surface area contributed by atoms with Crippen molar-refractivity contribution < 1.29 is 41.1 Å². The van der Waals surface area contributed by atoms with Gasteiger partial charge in [0.1, 0.15) is 11.8 Å². The lowest BCUT2D eigenvalue weighted by atomic mass is 10.1. The van der Waals surface area contributed by atoms with Gasteiger partial charge in [-0.25, -0.2) is 13.6 Å². The maximum atomic E-state index is 13.7. The van der Waals surface area contributed by atoms with Crippen molar-refractivity contribution in [2.45, 2.75) is 70.0 Å². The van der Waals surface area contributed by atoms with Gasteiger partial charge in [-0.3, -0.25) is 4.90 Å². The number of nitrogens with zero attached hydrogens (tertiary/aromatic N) is 3. The second-order valence-corrected chi connectivity index (χ2v) is 8.27. The molecule has 3 rings (SSSR count). The van der Waals surface area contributed by atoms with Gasteiger partial charge >= 0.3 is 12.3 Å². The van der Waals surface area contributed by atoms with Crippen LogP contribution in [0, 0.1) is 0 Å². The number of benzene rings is 1.